The van der Waals surface area contributed by atoms with Crippen molar-refractivity contribution in [1.29, 1.82) is 0 Å². The fraction of sp³-hybridized carbons (Fsp3) is 0.133. The zero-order valence-electron chi connectivity index (χ0n) is 22.6. The second-order valence-corrected chi connectivity index (χ2v) is 9.67. The number of fused-ring (bicyclic) bond motifs is 1. The van der Waals surface area contributed by atoms with Crippen LogP contribution < -0.4 is 20.3 Å². The number of rotatable bonds is 8. The van der Waals surface area contributed by atoms with E-state index in [0.717, 1.165) is 28.0 Å². The van der Waals surface area contributed by atoms with Crippen LogP contribution in [-0.4, -0.2) is 49.8 Å². The van der Waals surface area contributed by atoms with Crippen LogP contribution in [0.5, 0.6) is 11.5 Å². The van der Waals surface area contributed by atoms with Gasteiger partial charge < -0.3 is 19.2 Å². The molecule has 1 aliphatic rings. The number of hydrogen-bond donors (Lipinski definition) is 2. The quantitative estimate of drug-likeness (QED) is 0.206. The van der Waals surface area contributed by atoms with E-state index in [1.807, 2.05) is 73.7 Å². The highest BCUT2D eigenvalue weighted by molar-refractivity contribution is 7.80. The molecule has 3 heterocycles. The number of H-pyrrole nitrogens is 1. The summed E-state index contributed by atoms with van der Waals surface area (Å²) in [6.45, 7) is 2.66. The Morgan fingerprint density at radius 3 is 2.60 bits per heavy atom. The Morgan fingerprint density at radius 1 is 1.05 bits per heavy atom. The Labute approximate surface area is 244 Å². The van der Waals surface area contributed by atoms with E-state index < -0.39 is 5.56 Å². The molecule has 42 heavy (non-hydrogen) atoms. The van der Waals surface area contributed by atoms with Gasteiger partial charge >= 0.3 is 0 Å². The van der Waals surface area contributed by atoms with E-state index in [0.29, 0.717) is 35.9 Å². The molecule has 210 valence electrons. The Kier molecular flexibility index (Phi) is 7.19. The van der Waals surface area contributed by atoms with Crippen LogP contribution in [0.2, 0.25) is 0 Å². The minimum Gasteiger partial charge on any atom is -0.497 e. The molecule has 0 atom stereocenters. The lowest BCUT2D eigenvalue weighted by Gasteiger charge is -2.13. The van der Waals surface area contributed by atoms with Gasteiger partial charge in [-0.2, -0.15) is 0 Å². The van der Waals surface area contributed by atoms with Crippen molar-refractivity contribution in [1.82, 2.24) is 30.3 Å². The number of methoxy groups -OCH3 is 1. The zero-order valence-corrected chi connectivity index (χ0v) is 23.4. The summed E-state index contributed by atoms with van der Waals surface area (Å²) in [5, 5.41) is 10.7. The minimum atomic E-state index is -0.402. The smallest absolute Gasteiger partial charge is 0.294 e. The Balaban J connectivity index is 1.36. The largest absolute Gasteiger partial charge is 0.497 e. The van der Waals surface area contributed by atoms with Gasteiger partial charge in [-0.3, -0.25) is 14.9 Å². The van der Waals surface area contributed by atoms with Crippen LogP contribution in [0.4, 0.5) is 0 Å². The lowest BCUT2D eigenvalue weighted by Crippen LogP contribution is -2.18. The number of aromatic nitrogens is 5. The van der Waals surface area contributed by atoms with Crippen LogP contribution in [0.3, 0.4) is 0 Å². The van der Waals surface area contributed by atoms with Crippen molar-refractivity contribution in [2.24, 2.45) is 0 Å². The second-order valence-electron chi connectivity index (χ2n) is 9.30. The van der Waals surface area contributed by atoms with Gasteiger partial charge in [0.05, 0.1) is 25.8 Å². The van der Waals surface area contributed by atoms with Crippen molar-refractivity contribution in [3.05, 3.63) is 94.0 Å². The first kappa shape index (κ1) is 26.8. The first-order valence-corrected chi connectivity index (χ1v) is 13.4. The van der Waals surface area contributed by atoms with Gasteiger partial charge in [0.1, 0.15) is 17.3 Å². The number of nitrogens with zero attached hydrogens (tertiary/aromatic N) is 4. The van der Waals surface area contributed by atoms with Crippen molar-refractivity contribution in [3.63, 3.8) is 0 Å². The molecule has 1 aliphatic heterocycles. The number of aromatic amines is 1. The zero-order chi connectivity index (χ0) is 29.2. The van der Waals surface area contributed by atoms with E-state index in [1.165, 1.54) is 0 Å². The SMILES string of the molecule is CCOc1cc(-c2cccc(C=C3OC(=S)NC3=O)c2)ccc1-c1nc2c(nnn2Cc2ccc(OC)cc2)c(=O)[nH]1. The number of nitrogens with one attached hydrogen (secondary N) is 2. The summed E-state index contributed by atoms with van der Waals surface area (Å²) in [7, 11) is 1.61. The lowest BCUT2D eigenvalue weighted by molar-refractivity contribution is -0.116. The molecule has 0 bridgehead atoms. The normalized spacial score (nSPS) is 13.8. The summed E-state index contributed by atoms with van der Waals surface area (Å²) < 4.78 is 18.1. The lowest BCUT2D eigenvalue weighted by atomic mass is 10.0. The molecule has 5 aromatic rings. The second kappa shape index (κ2) is 11.3. The summed E-state index contributed by atoms with van der Waals surface area (Å²) in [4.78, 5) is 32.5. The summed E-state index contributed by atoms with van der Waals surface area (Å²) in [5.41, 5.74) is 4.18. The molecule has 1 saturated heterocycles. The van der Waals surface area contributed by atoms with Gasteiger partial charge in [-0.25, -0.2) is 9.67 Å². The monoisotopic (exact) mass is 580 g/mol. The summed E-state index contributed by atoms with van der Waals surface area (Å²) in [6.07, 6.45) is 1.63. The number of thiocarbonyl (C=S) groups is 1. The van der Waals surface area contributed by atoms with Gasteiger partial charge in [0.2, 0.25) is 0 Å². The Hall–Kier alpha value is -5.36. The van der Waals surface area contributed by atoms with Gasteiger partial charge in [0.25, 0.3) is 16.6 Å². The molecular formula is C30H24N6O5S. The summed E-state index contributed by atoms with van der Waals surface area (Å²) in [6, 6.07) is 20.8. The van der Waals surface area contributed by atoms with Crippen LogP contribution in [0.1, 0.15) is 18.1 Å². The van der Waals surface area contributed by atoms with Crippen LogP contribution in [0.15, 0.2) is 77.3 Å². The molecule has 0 spiro atoms. The fourth-order valence-electron chi connectivity index (χ4n) is 4.56. The van der Waals surface area contributed by atoms with Crippen LogP contribution in [0, 0.1) is 0 Å². The maximum absolute atomic E-state index is 13.0. The van der Waals surface area contributed by atoms with Gasteiger partial charge in [0, 0.05) is 0 Å². The van der Waals surface area contributed by atoms with E-state index in [-0.39, 0.29) is 22.4 Å². The van der Waals surface area contributed by atoms with E-state index in [2.05, 4.69) is 20.6 Å². The van der Waals surface area contributed by atoms with E-state index in [9.17, 15) is 9.59 Å². The number of benzene rings is 3. The molecule has 0 unspecified atom stereocenters. The van der Waals surface area contributed by atoms with Crippen molar-refractivity contribution < 1.29 is 19.0 Å². The molecule has 2 aromatic heterocycles. The number of carbonyl (C=O) groups excluding carboxylic acids is 1. The third kappa shape index (κ3) is 5.34. The maximum atomic E-state index is 13.0. The number of hydrogen-bond acceptors (Lipinski definition) is 9. The standard InChI is InChI=1S/C30H24N6O5S/c1-3-40-23-15-20(19-6-4-5-18(13-19)14-24-28(37)33-30(42)41-24)9-12-22(23)26-31-27-25(29(38)32-26)34-35-36(27)16-17-7-10-21(39-2)11-8-17/h4-15H,3,16H2,1-2H3,(H,31,32,38)(H,33,37,42). The average Bonchev–Trinajstić information content (AvgIpc) is 3.55. The highest BCUT2D eigenvalue weighted by Crippen LogP contribution is 2.33. The highest BCUT2D eigenvalue weighted by Gasteiger charge is 2.23. The molecule has 1 amide bonds. The van der Waals surface area contributed by atoms with Crippen LogP contribution >= 0.6 is 12.2 Å². The summed E-state index contributed by atoms with van der Waals surface area (Å²) >= 11 is 4.91. The molecule has 0 saturated carbocycles. The number of amides is 1. The minimum absolute atomic E-state index is 0.0313. The highest BCUT2D eigenvalue weighted by atomic mass is 32.1. The predicted molar refractivity (Wildman–Crippen MR) is 160 cm³/mol. The topological polar surface area (TPSA) is 133 Å². The van der Waals surface area contributed by atoms with Crippen LogP contribution in [0.25, 0.3) is 39.8 Å². The molecule has 11 nitrogen and oxygen atoms in total. The molecule has 12 heteroatoms. The van der Waals surface area contributed by atoms with Crippen molar-refractivity contribution in [3.8, 4) is 34.0 Å². The van der Waals surface area contributed by atoms with Crippen molar-refractivity contribution >= 4 is 40.5 Å². The van der Waals surface area contributed by atoms with Gasteiger partial charge in [-0.05, 0) is 77.8 Å². The molecule has 6 rings (SSSR count). The van der Waals surface area contributed by atoms with Gasteiger partial charge in [0.15, 0.2) is 16.9 Å². The molecule has 3 aromatic carbocycles. The number of carbonyl (C=O) groups is 1. The first-order chi connectivity index (χ1) is 20.4. The Morgan fingerprint density at radius 2 is 1.86 bits per heavy atom. The van der Waals surface area contributed by atoms with E-state index in [1.54, 1.807) is 17.9 Å². The maximum Gasteiger partial charge on any atom is 0.294 e. The first-order valence-electron chi connectivity index (χ1n) is 13.0. The van der Waals surface area contributed by atoms with E-state index >= 15 is 0 Å². The molecule has 0 aliphatic carbocycles. The fourth-order valence-corrected chi connectivity index (χ4v) is 4.74. The average molecular weight is 581 g/mol. The van der Waals surface area contributed by atoms with Crippen molar-refractivity contribution in [2.45, 2.75) is 13.5 Å². The van der Waals surface area contributed by atoms with Crippen LogP contribution in [-0.2, 0) is 16.1 Å². The summed E-state index contributed by atoms with van der Waals surface area (Å²) in [5.74, 6) is 1.37. The third-order valence-corrected chi connectivity index (χ3v) is 6.75. The molecule has 2 N–H and O–H groups in total. The Bertz CT molecular complexity index is 1930. The molecule has 1 fully saturated rings. The van der Waals surface area contributed by atoms with E-state index in [4.69, 9.17) is 31.4 Å². The number of ether oxygens (including phenoxy) is 3. The van der Waals surface area contributed by atoms with Crippen molar-refractivity contribution in [2.75, 3.05) is 13.7 Å². The van der Waals surface area contributed by atoms with Gasteiger partial charge in [-0.15, -0.1) is 5.10 Å². The molecule has 0 radical (unpaired) electrons. The third-order valence-electron chi connectivity index (χ3n) is 6.56. The van der Waals surface area contributed by atoms with Gasteiger partial charge in [-0.1, -0.05) is 41.6 Å². The molecular weight excluding hydrogens is 556 g/mol. The predicted octanol–water partition coefficient (Wildman–Crippen LogP) is 4.08.